The highest BCUT2D eigenvalue weighted by Gasteiger charge is 2.25. The molecule has 27 heavy (non-hydrogen) atoms. The molecule has 3 heteroatoms. The van der Waals surface area contributed by atoms with Gasteiger partial charge in [0.05, 0.1) is 0 Å². The molecule has 0 aliphatic carbocycles. The van der Waals surface area contributed by atoms with Crippen LogP contribution in [0.1, 0.15) is 24.0 Å². The fourth-order valence-corrected chi connectivity index (χ4v) is 3.95. The number of nitrogens with zero attached hydrogens (tertiary/aromatic N) is 1. The summed E-state index contributed by atoms with van der Waals surface area (Å²) in [5.41, 5.74) is 2.53. The number of carbonyl (C=O) groups excluding carboxylic acids is 1. The fraction of sp³-hybridized carbons (Fsp3) is 0.292. The van der Waals surface area contributed by atoms with Crippen LogP contribution in [0.25, 0.3) is 10.8 Å². The lowest BCUT2D eigenvalue weighted by molar-refractivity contribution is -0.126. The summed E-state index contributed by atoms with van der Waals surface area (Å²) in [6, 6.07) is 25.2. The minimum Gasteiger partial charge on any atom is -0.352 e. The number of carbonyl (C=O) groups is 1. The molecule has 1 aliphatic heterocycles. The number of hydrogen-bond donors (Lipinski definition) is 1. The van der Waals surface area contributed by atoms with E-state index < -0.39 is 0 Å². The average molecular weight is 358 g/mol. The van der Waals surface area contributed by atoms with Crippen molar-refractivity contribution in [1.29, 1.82) is 0 Å². The molecule has 0 radical (unpaired) electrons. The molecule has 0 bridgehead atoms. The normalized spacial score (nSPS) is 15.7. The Morgan fingerprint density at radius 2 is 1.59 bits per heavy atom. The first-order valence-corrected chi connectivity index (χ1v) is 9.80. The predicted octanol–water partition coefficient (Wildman–Crippen LogP) is 4.37. The molecular weight excluding hydrogens is 332 g/mol. The molecule has 4 rings (SSSR count). The summed E-state index contributed by atoms with van der Waals surface area (Å²) in [7, 11) is 0. The highest BCUT2D eigenvalue weighted by molar-refractivity contribution is 5.85. The number of amides is 1. The van der Waals surface area contributed by atoms with Gasteiger partial charge in [-0.15, -0.1) is 0 Å². The Kier molecular flexibility index (Phi) is 5.50. The van der Waals surface area contributed by atoms with E-state index >= 15 is 0 Å². The van der Waals surface area contributed by atoms with E-state index in [1.165, 1.54) is 16.3 Å². The van der Waals surface area contributed by atoms with E-state index in [-0.39, 0.29) is 11.8 Å². The van der Waals surface area contributed by atoms with E-state index in [0.717, 1.165) is 38.0 Å². The first kappa shape index (κ1) is 17.7. The van der Waals surface area contributed by atoms with E-state index in [1.54, 1.807) is 0 Å². The van der Waals surface area contributed by atoms with Gasteiger partial charge >= 0.3 is 0 Å². The number of piperidine rings is 1. The highest BCUT2D eigenvalue weighted by atomic mass is 16.1. The predicted molar refractivity (Wildman–Crippen MR) is 110 cm³/mol. The molecule has 1 N–H and O–H groups in total. The zero-order chi connectivity index (χ0) is 18.5. The van der Waals surface area contributed by atoms with Gasteiger partial charge in [-0.2, -0.15) is 0 Å². The van der Waals surface area contributed by atoms with Gasteiger partial charge in [0, 0.05) is 19.0 Å². The van der Waals surface area contributed by atoms with Crippen LogP contribution in [0, 0.1) is 5.92 Å². The topological polar surface area (TPSA) is 32.3 Å². The number of hydrogen-bond acceptors (Lipinski definition) is 2. The molecule has 1 heterocycles. The standard InChI is InChI=1S/C24H26N2O/c27-24(25-17-19-7-2-1-3-8-19)21-13-15-26(16-14-21)18-22-11-6-10-20-9-4-5-12-23(20)22/h1-12,21H,13-18H2,(H,25,27). The molecule has 3 aromatic carbocycles. The molecule has 138 valence electrons. The van der Waals surface area contributed by atoms with Crippen LogP contribution < -0.4 is 5.32 Å². The zero-order valence-corrected chi connectivity index (χ0v) is 15.6. The van der Waals surface area contributed by atoms with Gasteiger partial charge in [0.25, 0.3) is 0 Å². The number of nitrogens with one attached hydrogen (secondary N) is 1. The number of rotatable bonds is 5. The van der Waals surface area contributed by atoms with E-state index in [2.05, 4.69) is 52.7 Å². The Hall–Kier alpha value is -2.65. The summed E-state index contributed by atoms with van der Waals surface area (Å²) in [5.74, 6) is 0.334. The van der Waals surface area contributed by atoms with Crippen molar-refractivity contribution in [1.82, 2.24) is 10.2 Å². The zero-order valence-electron chi connectivity index (χ0n) is 15.6. The lowest BCUT2D eigenvalue weighted by Gasteiger charge is -2.31. The van der Waals surface area contributed by atoms with Crippen LogP contribution in [0.3, 0.4) is 0 Å². The number of likely N-dealkylation sites (tertiary alicyclic amines) is 1. The molecular formula is C24H26N2O. The summed E-state index contributed by atoms with van der Waals surface area (Å²) < 4.78 is 0. The van der Waals surface area contributed by atoms with Gasteiger partial charge in [0.2, 0.25) is 5.91 Å². The summed E-state index contributed by atoms with van der Waals surface area (Å²) >= 11 is 0. The Morgan fingerprint density at radius 3 is 2.41 bits per heavy atom. The van der Waals surface area contributed by atoms with Crippen LogP contribution in [-0.2, 0) is 17.9 Å². The largest absolute Gasteiger partial charge is 0.352 e. The van der Waals surface area contributed by atoms with Crippen LogP contribution in [0.5, 0.6) is 0 Å². The molecule has 1 aliphatic rings. The van der Waals surface area contributed by atoms with Crippen molar-refractivity contribution in [2.75, 3.05) is 13.1 Å². The molecule has 1 fully saturated rings. The average Bonchev–Trinajstić information content (AvgIpc) is 2.74. The number of fused-ring (bicyclic) bond motifs is 1. The van der Waals surface area contributed by atoms with Gasteiger partial charge in [0.1, 0.15) is 0 Å². The van der Waals surface area contributed by atoms with E-state index in [4.69, 9.17) is 0 Å². The maximum atomic E-state index is 12.5. The lowest BCUT2D eigenvalue weighted by Crippen LogP contribution is -2.40. The Balaban J connectivity index is 1.30. The van der Waals surface area contributed by atoms with Crippen LogP contribution in [0.2, 0.25) is 0 Å². The first-order valence-electron chi connectivity index (χ1n) is 9.80. The van der Waals surface area contributed by atoms with Crippen molar-refractivity contribution in [3.63, 3.8) is 0 Å². The Labute approximate surface area is 161 Å². The second-order valence-electron chi connectivity index (χ2n) is 7.39. The van der Waals surface area contributed by atoms with Gasteiger partial charge in [0.15, 0.2) is 0 Å². The Bertz CT molecular complexity index is 893. The SMILES string of the molecule is O=C(NCc1ccccc1)C1CCN(Cc2cccc3ccccc23)CC1. The second-order valence-corrected chi connectivity index (χ2v) is 7.39. The summed E-state index contributed by atoms with van der Waals surface area (Å²) in [5, 5.41) is 5.73. The quantitative estimate of drug-likeness (QED) is 0.735. The van der Waals surface area contributed by atoms with Gasteiger partial charge in [-0.25, -0.2) is 0 Å². The molecule has 1 amide bonds. The molecule has 1 saturated heterocycles. The van der Waals surface area contributed by atoms with Crippen molar-refractivity contribution in [2.24, 2.45) is 5.92 Å². The van der Waals surface area contributed by atoms with Crippen LogP contribution >= 0.6 is 0 Å². The summed E-state index contributed by atoms with van der Waals surface area (Å²) in [6.07, 6.45) is 1.87. The number of benzene rings is 3. The van der Waals surface area contributed by atoms with E-state index in [0.29, 0.717) is 6.54 Å². The van der Waals surface area contributed by atoms with Crippen LogP contribution in [-0.4, -0.2) is 23.9 Å². The monoisotopic (exact) mass is 358 g/mol. The highest BCUT2D eigenvalue weighted by Crippen LogP contribution is 2.23. The lowest BCUT2D eigenvalue weighted by atomic mass is 9.95. The molecule has 0 aromatic heterocycles. The van der Waals surface area contributed by atoms with E-state index in [9.17, 15) is 4.79 Å². The van der Waals surface area contributed by atoms with E-state index in [1.807, 2.05) is 30.3 Å². The van der Waals surface area contributed by atoms with Gasteiger partial charge in [-0.05, 0) is 47.8 Å². The molecule has 3 aromatic rings. The molecule has 3 nitrogen and oxygen atoms in total. The van der Waals surface area contributed by atoms with Crippen LogP contribution in [0.15, 0.2) is 72.8 Å². The molecule has 0 atom stereocenters. The summed E-state index contributed by atoms with van der Waals surface area (Å²) in [6.45, 7) is 3.54. The molecule has 0 saturated carbocycles. The van der Waals surface area contributed by atoms with Gasteiger partial charge in [-0.1, -0.05) is 72.8 Å². The molecule has 0 spiro atoms. The molecule has 0 unspecified atom stereocenters. The van der Waals surface area contributed by atoms with Crippen molar-refractivity contribution >= 4 is 16.7 Å². The van der Waals surface area contributed by atoms with Gasteiger partial charge < -0.3 is 5.32 Å². The first-order chi connectivity index (χ1) is 13.3. The second kappa shape index (κ2) is 8.36. The maximum Gasteiger partial charge on any atom is 0.223 e. The third-order valence-electron chi connectivity index (χ3n) is 5.54. The third kappa shape index (κ3) is 4.37. The van der Waals surface area contributed by atoms with Crippen molar-refractivity contribution < 1.29 is 4.79 Å². The minimum absolute atomic E-state index is 0.137. The Morgan fingerprint density at radius 1 is 0.889 bits per heavy atom. The smallest absolute Gasteiger partial charge is 0.223 e. The van der Waals surface area contributed by atoms with Crippen molar-refractivity contribution in [2.45, 2.75) is 25.9 Å². The fourth-order valence-electron chi connectivity index (χ4n) is 3.95. The minimum atomic E-state index is 0.137. The van der Waals surface area contributed by atoms with Crippen molar-refractivity contribution in [3.8, 4) is 0 Å². The van der Waals surface area contributed by atoms with Gasteiger partial charge in [-0.3, -0.25) is 9.69 Å². The summed E-state index contributed by atoms with van der Waals surface area (Å²) in [4.78, 5) is 15.0. The van der Waals surface area contributed by atoms with Crippen molar-refractivity contribution in [3.05, 3.63) is 83.9 Å². The third-order valence-corrected chi connectivity index (χ3v) is 5.54. The maximum absolute atomic E-state index is 12.5. The van der Waals surface area contributed by atoms with Crippen LogP contribution in [0.4, 0.5) is 0 Å².